The Hall–Kier alpha value is -2.19. The maximum Gasteiger partial charge on any atom is 0.193 e. The second-order valence-corrected chi connectivity index (χ2v) is 9.50. The van der Waals surface area contributed by atoms with Crippen LogP contribution in [0.1, 0.15) is 79.1 Å². The van der Waals surface area contributed by atoms with Crippen LogP contribution in [0.15, 0.2) is 54.1 Å². The average molecular weight is 389 g/mol. The summed E-state index contributed by atoms with van der Waals surface area (Å²) < 4.78 is 0. The number of rotatable bonds is 5. The van der Waals surface area contributed by atoms with Gasteiger partial charge in [0.15, 0.2) is 5.78 Å². The number of allylic oxidation sites excluding steroid dienone is 1. The molecule has 0 aromatic heterocycles. The Morgan fingerprint density at radius 1 is 1.17 bits per heavy atom. The van der Waals surface area contributed by atoms with Gasteiger partial charge in [0.1, 0.15) is 0 Å². The zero-order valence-electron chi connectivity index (χ0n) is 17.9. The van der Waals surface area contributed by atoms with Gasteiger partial charge in [-0.15, -0.1) is 0 Å². The number of fused-ring (bicyclic) bond motifs is 3. The summed E-state index contributed by atoms with van der Waals surface area (Å²) in [5.41, 5.74) is 6.76. The molecule has 1 N–H and O–H groups in total. The number of aliphatic hydroxyl groups is 1. The Morgan fingerprint density at radius 3 is 2.76 bits per heavy atom. The quantitative estimate of drug-likeness (QED) is 0.520. The van der Waals surface area contributed by atoms with E-state index < -0.39 is 0 Å². The van der Waals surface area contributed by atoms with Crippen molar-refractivity contribution < 1.29 is 9.90 Å². The molecule has 0 bridgehead atoms. The fraction of sp³-hybridized carbons (Fsp3) is 0.444. The third kappa shape index (κ3) is 3.96. The first-order valence-corrected chi connectivity index (χ1v) is 11.0. The van der Waals surface area contributed by atoms with Gasteiger partial charge in [-0.1, -0.05) is 62.8 Å². The van der Waals surface area contributed by atoms with Crippen molar-refractivity contribution in [2.75, 3.05) is 0 Å². The molecule has 1 fully saturated rings. The van der Waals surface area contributed by atoms with E-state index in [9.17, 15) is 9.90 Å². The molecule has 2 aliphatic carbocycles. The lowest BCUT2D eigenvalue weighted by Crippen LogP contribution is -2.36. The monoisotopic (exact) mass is 388 g/mol. The molecule has 2 aliphatic rings. The van der Waals surface area contributed by atoms with E-state index in [1.54, 1.807) is 0 Å². The van der Waals surface area contributed by atoms with E-state index in [1.165, 1.54) is 22.3 Å². The van der Waals surface area contributed by atoms with Crippen molar-refractivity contribution >= 4 is 5.78 Å². The number of hydrogen-bond donors (Lipinski definition) is 1. The second kappa shape index (κ2) is 7.91. The zero-order chi connectivity index (χ0) is 20.6. The van der Waals surface area contributed by atoms with Crippen molar-refractivity contribution in [1.82, 2.24) is 0 Å². The van der Waals surface area contributed by atoms with Gasteiger partial charge >= 0.3 is 0 Å². The molecule has 0 unspecified atom stereocenters. The van der Waals surface area contributed by atoms with Crippen LogP contribution < -0.4 is 0 Å². The van der Waals surface area contributed by atoms with Crippen molar-refractivity contribution in [2.45, 2.75) is 70.8 Å². The molecule has 0 aliphatic heterocycles. The first kappa shape index (κ1) is 20.1. The van der Waals surface area contributed by atoms with Crippen LogP contribution in [-0.2, 0) is 18.3 Å². The molecule has 29 heavy (non-hydrogen) atoms. The number of benzene rings is 2. The van der Waals surface area contributed by atoms with Gasteiger partial charge in [-0.05, 0) is 73.3 Å². The molecule has 0 saturated heterocycles. The van der Waals surface area contributed by atoms with Crippen molar-refractivity contribution in [3.8, 4) is 0 Å². The van der Waals surface area contributed by atoms with Crippen LogP contribution >= 0.6 is 0 Å². The molecular formula is C27H32O2. The van der Waals surface area contributed by atoms with Crippen LogP contribution in [0.5, 0.6) is 0 Å². The van der Waals surface area contributed by atoms with E-state index in [-0.39, 0.29) is 17.3 Å². The molecule has 152 valence electrons. The molecule has 2 heteroatoms. The van der Waals surface area contributed by atoms with Gasteiger partial charge in [0, 0.05) is 16.5 Å². The van der Waals surface area contributed by atoms with E-state index in [0.29, 0.717) is 5.92 Å². The van der Waals surface area contributed by atoms with Gasteiger partial charge in [-0.25, -0.2) is 0 Å². The SMILES string of the molecule is CC(C)CCc1cccc(C(=O)c2ccc3c(c2)CC=C2C[C@@H](O)CC[C@@]23C)c1. The van der Waals surface area contributed by atoms with E-state index >= 15 is 0 Å². The van der Waals surface area contributed by atoms with Gasteiger partial charge in [-0.2, -0.15) is 0 Å². The van der Waals surface area contributed by atoms with Gasteiger partial charge in [0.25, 0.3) is 0 Å². The fourth-order valence-electron chi connectivity index (χ4n) is 4.98. The molecule has 2 nitrogen and oxygen atoms in total. The Kier molecular flexibility index (Phi) is 5.48. The Morgan fingerprint density at radius 2 is 1.97 bits per heavy atom. The summed E-state index contributed by atoms with van der Waals surface area (Å²) in [5, 5.41) is 10.1. The normalized spacial score (nSPS) is 23.3. The minimum absolute atomic E-state index is 0.00511. The molecule has 2 atom stereocenters. The van der Waals surface area contributed by atoms with Crippen LogP contribution in [0.4, 0.5) is 0 Å². The summed E-state index contributed by atoms with van der Waals surface area (Å²) in [4.78, 5) is 13.2. The first-order valence-electron chi connectivity index (χ1n) is 11.0. The van der Waals surface area contributed by atoms with Gasteiger partial charge in [-0.3, -0.25) is 4.79 Å². The number of ketones is 1. The highest BCUT2D eigenvalue weighted by molar-refractivity contribution is 6.09. The maximum atomic E-state index is 13.2. The van der Waals surface area contributed by atoms with Crippen LogP contribution in [0.2, 0.25) is 0 Å². The van der Waals surface area contributed by atoms with Gasteiger partial charge < -0.3 is 5.11 Å². The van der Waals surface area contributed by atoms with Crippen molar-refractivity contribution in [1.29, 1.82) is 0 Å². The second-order valence-electron chi connectivity index (χ2n) is 9.50. The summed E-state index contributed by atoms with van der Waals surface area (Å²) in [6, 6.07) is 14.4. The number of aliphatic hydroxyl groups excluding tert-OH is 1. The predicted molar refractivity (Wildman–Crippen MR) is 118 cm³/mol. The third-order valence-corrected chi connectivity index (χ3v) is 6.87. The van der Waals surface area contributed by atoms with E-state index in [4.69, 9.17) is 0 Å². The summed E-state index contributed by atoms with van der Waals surface area (Å²) in [7, 11) is 0. The molecule has 0 amide bonds. The third-order valence-electron chi connectivity index (χ3n) is 6.87. The highest BCUT2D eigenvalue weighted by Crippen LogP contribution is 2.47. The minimum atomic E-state index is -0.209. The number of hydrogen-bond acceptors (Lipinski definition) is 2. The number of carbonyl (C=O) groups excluding carboxylic acids is 1. The summed E-state index contributed by atoms with van der Waals surface area (Å²) >= 11 is 0. The van der Waals surface area contributed by atoms with Crippen LogP contribution in [0.25, 0.3) is 0 Å². The molecule has 2 aromatic carbocycles. The number of aryl methyl sites for hydroxylation is 1. The maximum absolute atomic E-state index is 13.2. The minimum Gasteiger partial charge on any atom is -0.393 e. The first-order chi connectivity index (χ1) is 13.9. The molecular weight excluding hydrogens is 356 g/mol. The lowest BCUT2D eigenvalue weighted by Gasteiger charge is -2.42. The highest BCUT2D eigenvalue weighted by atomic mass is 16.3. The standard InChI is InChI=1S/C27H32O2/c1-18(2)7-8-19-5-4-6-21(15-19)26(29)22-10-12-25-20(16-22)9-11-23-17-24(28)13-14-27(23,25)3/h4-6,10-12,15-16,18,24,28H,7-9,13-14,17H2,1-3H3/t24-,27-/m0/s1. The van der Waals surface area contributed by atoms with Gasteiger partial charge in [0.2, 0.25) is 0 Å². The predicted octanol–water partition coefficient (Wildman–Crippen LogP) is 5.79. The molecule has 0 heterocycles. The van der Waals surface area contributed by atoms with Crippen molar-refractivity contribution in [3.63, 3.8) is 0 Å². The van der Waals surface area contributed by atoms with Crippen LogP contribution in [0.3, 0.4) is 0 Å². The molecule has 0 spiro atoms. The fourth-order valence-corrected chi connectivity index (χ4v) is 4.98. The molecule has 1 saturated carbocycles. The Labute approximate surface area is 174 Å². The van der Waals surface area contributed by atoms with Crippen LogP contribution in [0, 0.1) is 5.92 Å². The summed E-state index contributed by atoms with van der Waals surface area (Å²) in [5.74, 6) is 0.772. The molecule has 4 rings (SSSR count). The number of carbonyl (C=O) groups is 1. The lowest BCUT2D eigenvalue weighted by atomic mass is 9.62. The van der Waals surface area contributed by atoms with E-state index in [2.05, 4.69) is 51.1 Å². The molecule has 2 aromatic rings. The summed E-state index contributed by atoms with van der Waals surface area (Å²) in [6.07, 6.45) is 7.67. The Balaban J connectivity index is 1.60. The van der Waals surface area contributed by atoms with Crippen LogP contribution in [-0.4, -0.2) is 17.0 Å². The Bertz CT molecular complexity index is 953. The average Bonchev–Trinajstić information content (AvgIpc) is 2.72. The topological polar surface area (TPSA) is 37.3 Å². The lowest BCUT2D eigenvalue weighted by molar-refractivity contribution is 0.103. The molecule has 0 radical (unpaired) electrons. The van der Waals surface area contributed by atoms with E-state index in [1.807, 2.05) is 18.2 Å². The summed E-state index contributed by atoms with van der Waals surface area (Å²) in [6.45, 7) is 6.76. The smallest absolute Gasteiger partial charge is 0.193 e. The largest absolute Gasteiger partial charge is 0.393 e. The van der Waals surface area contributed by atoms with Crippen molar-refractivity contribution in [2.24, 2.45) is 5.92 Å². The van der Waals surface area contributed by atoms with Crippen molar-refractivity contribution in [3.05, 3.63) is 81.9 Å². The zero-order valence-corrected chi connectivity index (χ0v) is 17.9. The highest BCUT2D eigenvalue weighted by Gasteiger charge is 2.39. The van der Waals surface area contributed by atoms with Gasteiger partial charge in [0.05, 0.1) is 6.10 Å². The van der Waals surface area contributed by atoms with E-state index in [0.717, 1.165) is 49.7 Å².